The van der Waals surface area contributed by atoms with Gasteiger partial charge in [-0.15, -0.1) is 34.0 Å². The minimum absolute atomic E-state index is 0.407. The normalized spacial score (nSPS) is 12.2. The van der Waals surface area contributed by atoms with E-state index < -0.39 is 0 Å². The summed E-state index contributed by atoms with van der Waals surface area (Å²) in [6, 6.07) is 76.6. The molecule has 17 rings (SSSR count). The summed E-state index contributed by atoms with van der Waals surface area (Å²) < 4.78 is 14.0. The molecular formula is C67H34N6S3. The predicted molar refractivity (Wildman–Crippen MR) is 321 cm³/mol. The highest BCUT2D eigenvalue weighted by Gasteiger charge is 2.34. The van der Waals surface area contributed by atoms with Crippen molar-refractivity contribution >= 4 is 160 Å². The maximum absolute atomic E-state index is 12.6. The number of pyridine rings is 1. The van der Waals surface area contributed by atoms with E-state index >= 15 is 0 Å². The quantitative estimate of drug-likeness (QED) is 0.176. The molecule has 350 valence electrons. The smallest absolute Gasteiger partial charge is 0.104 e. The van der Waals surface area contributed by atoms with Gasteiger partial charge in [-0.05, 0) is 66.7 Å². The Morgan fingerprint density at radius 1 is 0.316 bits per heavy atom. The van der Waals surface area contributed by atoms with Crippen LogP contribution in [0.4, 0.5) is 0 Å². The molecule has 0 aliphatic rings. The van der Waals surface area contributed by atoms with Crippen molar-refractivity contribution in [3.8, 4) is 40.5 Å². The van der Waals surface area contributed by atoms with Crippen molar-refractivity contribution in [3.05, 3.63) is 218 Å². The molecule has 0 radical (unpaired) electrons. The van der Waals surface area contributed by atoms with Gasteiger partial charge in [0, 0.05) is 105 Å². The van der Waals surface area contributed by atoms with Crippen LogP contribution in [0.25, 0.3) is 154 Å². The van der Waals surface area contributed by atoms with Crippen molar-refractivity contribution in [1.29, 1.82) is 10.5 Å². The summed E-state index contributed by atoms with van der Waals surface area (Å²) in [5, 5.41) is 38.8. The Hall–Kier alpha value is -9.61. The molecule has 0 aliphatic carbocycles. The number of thiophene rings is 3. The van der Waals surface area contributed by atoms with E-state index in [1.54, 1.807) is 40.2 Å². The highest BCUT2D eigenvalue weighted by atomic mass is 32.1. The Morgan fingerprint density at radius 2 is 0.671 bits per heavy atom. The Morgan fingerprint density at radius 3 is 1.07 bits per heavy atom. The summed E-state index contributed by atoms with van der Waals surface area (Å²) in [5.74, 6) is 0. The molecule has 0 spiro atoms. The van der Waals surface area contributed by atoms with E-state index in [-0.39, 0.29) is 0 Å². The van der Waals surface area contributed by atoms with E-state index in [1.165, 1.54) is 60.5 Å². The molecule has 0 saturated heterocycles. The zero-order valence-electron chi connectivity index (χ0n) is 40.0. The molecule has 0 fully saturated rings. The van der Waals surface area contributed by atoms with Crippen molar-refractivity contribution in [3.63, 3.8) is 0 Å². The first-order valence-electron chi connectivity index (χ1n) is 25.2. The van der Waals surface area contributed by atoms with E-state index in [0.717, 1.165) is 65.4 Å². The fourth-order valence-corrected chi connectivity index (χ4v) is 16.5. The molecule has 0 unspecified atom stereocenters. The molecule has 7 aromatic heterocycles. The molecule has 17 aromatic rings. The number of nitriles is 2. The van der Waals surface area contributed by atoms with E-state index in [9.17, 15) is 10.5 Å². The van der Waals surface area contributed by atoms with Gasteiger partial charge in [0.25, 0.3) is 0 Å². The zero-order valence-corrected chi connectivity index (χ0v) is 42.5. The largest absolute Gasteiger partial charge is 0.307 e. The topological polar surface area (TPSA) is 75.3 Å². The SMILES string of the molecule is N#Cc1c(-c2ccccn2)c(-n2c3ccccc3c3c4sc5ccccc5c4ccc32)c(C#N)c(-n2c3ccccc3c3c4sc5ccccc5c4ccc32)c1-n1c2ccccc2c2c3sc4ccccc4c3ccc21. The lowest BCUT2D eigenvalue weighted by atomic mass is 9.93. The van der Waals surface area contributed by atoms with Gasteiger partial charge in [0.1, 0.15) is 17.7 Å². The Balaban J connectivity index is 1.14. The second kappa shape index (κ2) is 15.5. The second-order valence-corrected chi connectivity index (χ2v) is 22.6. The monoisotopic (exact) mass is 1020 g/mol. The fourth-order valence-electron chi connectivity index (χ4n) is 12.8. The lowest BCUT2D eigenvalue weighted by molar-refractivity contribution is 1.06. The van der Waals surface area contributed by atoms with Gasteiger partial charge in [-0.2, -0.15) is 10.5 Å². The predicted octanol–water partition coefficient (Wildman–Crippen LogP) is 18.9. The van der Waals surface area contributed by atoms with Gasteiger partial charge in [-0.25, -0.2) is 0 Å². The van der Waals surface area contributed by atoms with Crippen LogP contribution in [0, 0.1) is 22.7 Å². The molecule has 0 atom stereocenters. The molecule has 76 heavy (non-hydrogen) atoms. The highest BCUT2D eigenvalue weighted by Crippen LogP contribution is 2.52. The first-order valence-corrected chi connectivity index (χ1v) is 27.6. The Labute approximate surface area is 444 Å². The first kappa shape index (κ1) is 41.8. The van der Waals surface area contributed by atoms with Crippen molar-refractivity contribution in [2.75, 3.05) is 0 Å². The average Bonchev–Trinajstić information content (AvgIpc) is 4.44. The number of nitrogens with zero attached hydrogens (tertiary/aromatic N) is 6. The number of benzene rings is 10. The molecule has 0 N–H and O–H groups in total. The molecule has 6 nitrogen and oxygen atoms in total. The van der Waals surface area contributed by atoms with Crippen LogP contribution in [-0.4, -0.2) is 18.7 Å². The van der Waals surface area contributed by atoms with Crippen LogP contribution in [0.5, 0.6) is 0 Å². The minimum atomic E-state index is 0.407. The van der Waals surface area contributed by atoms with Gasteiger partial charge >= 0.3 is 0 Å². The molecule has 7 heterocycles. The van der Waals surface area contributed by atoms with Gasteiger partial charge in [0.2, 0.25) is 0 Å². The third-order valence-electron chi connectivity index (χ3n) is 15.8. The van der Waals surface area contributed by atoms with Gasteiger partial charge in [-0.3, -0.25) is 4.98 Å². The Kier molecular flexibility index (Phi) is 8.51. The summed E-state index contributed by atoms with van der Waals surface area (Å²) >= 11 is 5.39. The summed E-state index contributed by atoms with van der Waals surface area (Å²) in [5.41, 5.74) is 9.45. The highest BCUT2D eigenvalue weighted by molar-refractivity contribution is 7.27. The number of para-hydroxylation sites is 3. The molecule has 0 bridgehead atoms. The number of fused-ring (bicyclic) bond motifs is 21. The molecule has 0 amide bonds. The molecular weight excluding hydrogens is 985 g/mol. The summed E-state index contributed by atoms with van der Waals surface area (Å²) in [6.07, 6.45) is 1.79. The van der Waals surface area contributed by atoms with E-state index in [1.807, 2.05) is 18.2 Å². The number of hydrogen-bond donors (Lipinski definition) is 0. The summed E-state index contributed by atoms with van der Waals surface area (Å²) in [7, 11) is 0. The zero-order chi connectivity index (χ0) is 49.9. The van der Waals surface area contributed by atoms with Crippen molar-refractivity contribution in [2.45, 2.75) is 0 Å². The summed E-state index contributed by atoms with van der Waals surface area (Å²) in [4.78, 5) is 5.12. The van der Waals surface area contributed by atoms with E-state index in [0.29, 0.717) is 39.4 Å². The average molecular weight is 1020 g/mol. The maximum Gasteiger partial charge on any atom is 0.104 e. The summed E-state index contributed by atoms with van der Waals surface area (Å²) in [6.45, 7) is 0. The molecule has 0 saturated carbocycles. The van der Waals surface area contributed by atoms with Crippen LogP contribution in [0.3, 0.4) is 0 Å². The van der Waals surface area contributed by atoms with Crippen molar-refractivity contribution in [2.24, 2.45) is 0 Å². The van der Waals surface area contributed by atoms with Crippen LogP contribution in [0.1, 0.15) is 11.1 Å². The fraction of sp³-hybridized carbons (Fsp3) is 0. The van der Waals surface area contributed by atoms with Crippen LogP contribution in [-0.2, 0) is 0 Å². The third-order valence-corrected chi connectivity index (χ3v) is 19.4. The van der Waals surface area contributed by atoms with Crippen LogP contribution in [0.2, 0.25) is 0 Å². The van der Waals surface area contributed by atoms with E-state index in [4.69, 9.17) is 4.98 Å². The molecule has 9 heteroatoms. The molecule has 0 aliphatic heterocycles. The van der Waals surface area contributed by atoms with Crippen molar-refractivity contribution in [1.82, 2.24) is 18.7 Å². The van der Waals surface area contributed by atoms with Gasteiger partial charge in [-0.1, -0.05) is 133 Å². The lowest BCUT2D eigenvalue weighted by Gasteiger charge is -2.25. The standard InChI is InChI=1S/C67H34N6S3/c68-35-46-58(48-21-13-14-34-70-48)62(71-49-22-7-1-18-43(49)59-52(71)31-28-40-37-15-4-10-25-55(37)74-65(40)59)47(36-69)64(73-51-24-9-3-20-45(51)61-54(73)33-30-42-39-17-6-12-27-57(39)76-67(42)61)63(46)72-50-23-8-2-19-44(50)60-53(72)32-29-41-38-16-5-11-26-56(38)75-66(41)60/h1-34H. The van der Waals surface area contributed by atoms with Gasteiger partial charge in [0.05, 0.1) is 61.4 Å². The Bertz CT molecular complexity index is 5510. The molecule has 10 aromatic carbocycles. The van der Waals surface area contributed by atoms with Crippen LogP contribution < -0.4 is 0 Å². The van der Waals surface area contributed by atoms with E-state index in [2.05, 4.69) is 208 Å². The number of rotatable bonds is 4. The van der Waals surface area contributed by atoms with Crippen molar-refractivity contribution < 1.29 is 0 Å². The van der Waals surface area contributed by atoms with Gasteiger partial charge < -0.3 is 13.7 Å². The minimum Gasteiger partial charge on any atom is -0.307 e. The number of hydrogen-bond acceptors (Lipinski definition) is 6. The van der Waals surface area contributed by atoms with Gasteiger partial charge in [0.15, 0.2) is 0 Å². The maximum atomic E-state index is 12.6. The van der Waals surface area contributed by atoms with Crippen LogP contribution >= 0.6 is 34.0 Å². The lowest BCUT2D eigenvalue weighted by Crippen LogP contribution is -2.14. The second-order valence-electron chi connectivity index (χ2n) is 19.5. The number of aromatic nitrogens is 4. The third kappa shape index (κ3) is 5.38. The first-order chi connectivity index (χ1) is 37.7. The van der Waals surface area contributed by atoms with Crippen LogP contribution in [0.15, 0.2) is 206 Å².